The van der Waals surface area contributed by atoms with Crippen molar-refractivity contribution in [3.63, 3.8) is 0 Å². The molecule has 0 rings (SSSR count). The van der Waals surface area contributed by atoms with Crippen molar-refractivity contribution in [3.05, 3.63) is 0 Å². The summed E-state index contributed by atoms with van der Waals surface area (Å²) in [4.78, 5) is 0. The van der Waals surface area contributed by atoms with E-state index >= 15 is 0 Å². The zero-order chi connectivity index (χ0) is 18.1. The highest BCUT2D eigenvalue weighted by atomic mass is 32.2. The molecule has 0 bridgehead atoms. The second-order valence-electron chi connectivity index (χ2n) is 6.38. The van der Waals surface area contributed by atoms with Gasteiger partial charge in [0, 0.05) is 0 Å². The van der Waals surface area contributed by atoms with E-state index in [1.54, 1.807) is 6.55 Å². The maximum absolute atomic E-state index is 12.8. The standard InChI is InChI=1S/C15H31F3O3SSi/c1-5-8-11-14(12-9-6-2)23(4,13-10-7-3)21-22(19,20)15(16,17)18/h14H,5-13H2,1-4H3. The van der Waals surface area contributed by atoms with Crippen LogP contribution in [-0.2, 0) is 14.0 Å². The van der Waals surface area contributed by atoms with Crippen LogP contribution in [0.3, 0.4) is 0 Å². The van der Waals surface area contributed by atoms with Gasteiger partial charge in [-0.1, -0.05) is 72.1 Å². The molecule has 1 atom stereocenters. The molecule has 0 fully saturated rings. The number of halogens is 3. The van der Waals surface area contributed by atoms with Gasteiger partial charge in [0.25, 0.3) is 0 Å². The molecule has 140 valence electrons. The van der Waals surface area contributed by atoms with E-state index in [4.69, 9.17) is 3.87 Å². The van der Waals surface area contributed by atoms with E-state index in [0.29, 0.717) is 12.5 Å². The smallest absolute Gasteiger partial charge is 0.308 e. The average molecular weight is 377 g/mol. The first-order valence-electron chi connectivity index (χ1n) is 8.56. The Morgan fingerprint density at radius 2 is 1.39 bits per heavy atom. The minimum absolute atomic E-state index is 0.0499. The molecule has 0 aromatic rings. The number of alkyl halides is 3. The van der Waals surface area contributed by atoms with Gasteiger partial charge in [0.15, 0.2) is 0 Å². The van der Waals surface area contributed by atoms with Crippen LogP contribution < -0.4 is 0 Å². The molecule has 0 aromatic carbocycles. The molecule has 0 amide bonds. The molecule has 0 spiro atoms. The van der Waals surface area contributed by atoms with Gasteiger partial charge in [-0.2, -0.15) is 21.6 Å². The third kappa shape index (κ3) is 7.56. The van der Waals surface area contributed by atoms with E-state index in [-0.39, 0.29) is 5.54 Å². The lowest BCUT2D eigenvalue weighted by Crippen LogP contribution is -2.45. The second kappa shape index (κ2) is 10.0. The van der Waals surface area contributed by atoms with Crippen molar-refractivity contribution >= 4 is 18.4 Å². The Hall–Kier alpha value is -0.0831. The van der Waals surface area contributed by atoms with Crippen LogP contribution in [0.5, 0.6) is 0 Å². The van der Waals surface area contributed by atoms with E-state index in [2.05, 4.69) is 0 Å². The molecule has 0 N–H and O–H groups in total. The molecule has 0 aliphatic heterocycles. The molecule has 0 radical (unpaired) electrons. The Bertz CT molecular complexity index is 418. The van der Waals surface area contributed by atoms with E-state index < -0.39 is 23.9 Å². The maximum Gasteiger partial charge on any atom is 0.522 e. The number of unbranched alkanes of at least 4 members (excludes halogenated alkanes) is 3. The first kappa shape index (κ1) is 22.9. The summed E-state index contributed by atoms with van der Waals surface area (Å²) < 4.78 is 66.4. The molecule has 0 heterocycles. The fourth-order valence-electron chi connectivity index (χ4n) is 2.80. The van der Waals surface area contributed by atoms with Crippen molar-refractivity contribution in [2.75, 3.05) is 0 Å². The monoisotopic (exact) mass is 376 g/mol. The summed E-state index contributed by atoms with van der Waals surface area (Å²) in [7, 11) is -8.55. The van der Waals surface area contributed by atoms with Crippen molar-refractivity contribution in [1.82, 2.24) is 0 Å². The van der Waals surface area contributed by atoms with E-state index in [0.717, 1.165) is 44.9 Å². The largest absolute Gasteiger partial charge is 0.522 e. The van der Waals surface area contributed by atoms with Crippen molar-refractivity contribution in [1.29, 1.82) is 0 Å². The minimum Gasteiger partial charge on any atom is -0.308 e. The fourth-order valence-corrected chi connectivity index (χ4v) is 9.15. The molecule has 0 saturated carbocycles. The third-order valence-corrected chi connectivity index (χ3v) is 10.9. The third-order valence-electron chi connectivity index (χ3n) is 4.29. The maximum atomic E-state index is 12.8. The van der Waals surface area contributed by atoms with E-state index in [1.807, 2.05) is 20.8 Å². The van der Waals surface area contributed by atoms with E-state index in [1.165, 1.54) is 0 Å². The summed E-state index contributed by atoms with van der Waals surface area (Å²) >= 11 is 0. The lowest BCUT2D eigenvalue weighted by atomic mass is 10.1. The Morgan fingerprint density at radius 3 is 1.74 bits per heavy atom. The topological polar surface area (TPSA) is 43.4 Å². The van der Waals surface area contributed by atoms with Crippen LogP contribution in [0.15, 0.2) is 0 Å². The highest BCUT2D eigenvalue weighted by Crippen LogP contribution is 2.40. The zero-order valence-corrected chi connectivity index (χ0v) is 16.5. The lowest BCUT2D eigenvalue weighted by molar-refractivity contribution is -0.0504. The van der Waals surface area contributed by atoms with Crippen LogP contribution in [0.2, 0.25) is 18.1 Å². The number of hydrogen-bond acceptors (Lipinski definition) is 3. The van der Waals surface area contributed by atoms with Crippen molar-refractivity contribution < 1.29 is 25.5 Å². The molecule has 0 aromatic heterocycles. The van der Waals surface area contributed by atoms with Crippen LogP contribution in [0.25, 0.3) is 0 Å². The van der Waals surface area contributed by atoms with Crippen LogP contribution in [-0.4, -0.2) is 22.2 Å². The predicted octanol–water partition coefficient (Wildman–Crippen LogP) is 5.98. The average Bonchev–Trinajstić information content (AvgIpc) is 2.43. The number of hydrogen-bond donors (Lipinski definition) is 0. The summed E-state index contributed by atoms with van der Waals surface area (Å²) in [5.41, 5.74) is -5.39. The number of rotatable bonds is 12. The van der Waals surface area contributed by atoms with Crippen molar-refractivity contribution in [3.8, 4) is 0 Å². The molecule has 0 aliphatic rings. The van der Waals surface area contributed by atoms with Crippen LogP contribution in [0, 0.1) is 0 Å². The molecule has 0 saturated heterocycles. The summed E-state index contributed by atoms with van der Waals surface area (Å²) in [6.45, 7) is 7.66. The Balaban J connectivity index is 5.45. The van der Waals surface area contributed by atoms with Gasteiger partial charge in [0.2, 0.25) is 8.32 Å². The molecule has 8 heteroatoms. The summed E-state index contributed by atoms with van der Waals surface area (Å²) in [5.74, 6) is 0. The van der Waals surface area contributed by atoms with Gasteiger partial charge in [-0.05, 0) is 18.1 Å². The van der Waals surface area contributed by atoms with Gasteiger partial charge in [-0.3, -0.25) is 0 Å². The molecule has 0 aliphatic carbocycles. The molecule has 23 heavy (non-hydrogen) atoms. The van der Waals surface area contributed by atoms with Crippen molar-refractivity contribution in [2.24, 2.45) is 0 Å². The summed E-state index contributed by atoms with van der Waals surface area (Å²) in [6.07, 6.45) is 6.65. The van der Waals surface area contributed by atoms with Crippen LogP contribution in [0.4, 0.5) is 13.2 Å². The van der Waals surface area contributed by atoms with Gasteiger partial charge in [-0.15, -0.1) is 0 Å². The highest BCUT2D eigenvalue weighted by Gasteiger charge is 2.53. The zero-order valence-electron chi connectivity index (χ0n) is 14.7. The van der Waals surface area contributed by atoms with Crippen LogP contribution in [0.1, 0.15) is 72.1 Å². The van der Waals surface area contributed by atoms with Gasteiger partial charge in [-0.25, -0.2) is 0 Å². The lowest BCUT2D eigenvalue weighted by Gasteiger charge is -2.35. The molecular weight excluding hydrogens is 345 g/mol. The van der Waals surface area contributed by atoms with E-state index in [9.17, 15) is 21.6 Å². The molecule has 3 nitrogen and oxygen atoms in total. The summed E-state index contributed by atoms with van der Waals surface area (Å²) in [5, 5.41) is 0. The molecule has 1 unspecified atom stereocenters. The first-order valence-corrected chi connectivity index (χ1v) is 12.7. The highest BCUT2D eigenvalue weighted by molar-refractivity contribution is 7.88. The normalized spacial score (nSPS) is 15.8. The fraction of sp³-hybridized carbons (Fsp3) is 1.00. The molecular formula is C15H31F3O3SSi. The SMILES string of the molecule is CCCCC(CCCC)[Si](C)(CCCC)OS(=O)(=O)C(F)(F)F. The van der Waals surface area contributed by atoms with Crippen molar-refractivity contribution in [2.45, 2.75) is 95.8 Å². The van der Waals surface area contributed by atoms with Crippen LogP contribution >= 0.6 is 0 Å². The predicted molar refractivity (Wildman–Crippen MR) is 90.2 cm³/mol. The van der Waals surface area contributed by atoms with Gasteiger partial charge < -0.3 is 3.87 Å². The quantitative estimate of drug-likeness (QED) is 0.311. The summed E-state index contributed by atoms with van der Waals surface area (Å²) in [6, 6.07) is 0.455. The van der Waals surface area contributed by atoms with Gasteiger partial charge in [0.05, 0.1) is 0 Å². The first-order chi connectivity index (χ1) is 10.5. The Morgan fingerprint density at radius 1 is 0.957 bits per heavy atom. The minimum atomic E-state index is -5.52. The van der Waals surface area contributed by atoms with Gasteiger partial charge >= 0.3 is 15.6 Å². The van der Waals surface area contributed by atoms with Gasteiger partial charge in [0.1, 0.15) is 0 Å². The Kier molecular flexibility index (Phi) is 10.00. The Labute approximate surface area is 140 Å². The second-order valence-corrected chi connectivity index (χ2v) is 12.4.